The van der Waals surface area contributed by atoms with Crippen molar-refractivity contribution in [3.8, 4) is 11.3 Å². The normalized spacial score (nSPS) is 11.5. The van der Waals surface area contributed by atoms with Crippen LogP contribution in [0.25, 0.3) is 11.3 Å². The van der Waals surface area contributed by atoms with Crippen LogP contribution in [-0.2, 0) is 6.18 Å². The third-order valence-electron chi connectivity index (χ3n) is 2.98. The fraction of sp³-hybridized carbons (Fsp3) is 0.0667. The van der Waals surface area contributed by atoms with Crippen molar-refractivity contribution in [3.63, 3.8) is 0 Å². The zero-order chi connectivity index (χ0) is 17.3. The van der Waals surface area contributed by atoms with Gasteiger partial charge in [0, 0.05) is 5.38 Å². The summed E-state index contributed by atoms with van der Waals surface area (Å²) < 4.78 is 56.3. The van der Waals surface area contributed by atoms with Crippen LogP contribution in [0.1, 0.15) is 16.2 Å². The van der Waals surface area contributed by atoms with Crippen molar-refractivity contribution < 1.29 is 26.8 Å². The number of amides is 1. The van der Waals surface area contributed by atoms with E-state index in [2.05, 4.69) is 10.3 Å². The molecule has 0 bridgehead atoms. The van der Waals surface area contributed by atoms with E-state index in [0.29, 0.717) is 11.3 Å². The zero-order valence-corrected chi connectivity index (χ0v) is 12.5. The van der Waals surface area contributed by atoms with Crippen LogP contribution in [0.4, 0.5) is 22.7 Å². The molecule has 9 heteroatoms. The summed E-state index contributed by atoms with van der Waals surface area (Å²) in [7, 11) is 0. The van der Waals surface area contributed by atoms with Crippen LogP contribution < -0.4 is 5.32 Å². The minimum absolute atomic E-state index is 0.133. The number of anilines is 1. The highest BCUT2D eigenvalue weighted by Crippen LogP contribution is 2.32. The molecule has 0 aliphatic carbocycles. The number of carbonyl (C=O) groups is 1. The van der Waals surface area contributed by atoms with Gasteiger partial charge in [0.2, 0.25) is 0 Å². The maximum absolute atomic E-state index is 13.7. The highest BCUT2D eigenvalue weighted by atomic mass is 32.1. The van der Waals surface area contributed by atoms with Crippen molar-refractivity contribution in [3.05, 3.63) is 59.0 Å². The van der Waals surface area contributed by atoms with Crippen LogP contribution in [0, 0.1) is 5.82 Å². The SMILES string of the molecule is O=C(Nc1nc(C(F)(F)F)cs1)c1ccc(-c2ccccc2F)o1. The molecule has 3 rings (SSSR count). The van der Waals surface area contributed by atoms with Crippen LogP contribution in [0.15, 0.2) is 46.2 Å². The molecule has 0 spiro atoms. The van der Waals surface area contributed by atoms with Crippen LogP contribution in [0.5, 0.6) is 0 Å². The first kappa shape index (κ1) is 16.2. The van der Waals surface area contributed by atoms with E-state index in [1.54, 1.807) is 6.07 Å². The van der Waals surface area contributed by atoms with E-state index in [4.69, 9.17) is 4.42 Å². The Morgan fingerprint density at radius 1 is 1.17 bits per heavy atom. The summed E-state index contributed by atoms with van der Waals surface area (Å²) in [5.74, 6) is -1.33. The van der Waals surface area contributed by atoms with Gasteiger partial charge in [-0.05, 0) is 24.3 Å². The van der Waals surface area contributed by atoms with Gasteiger partial charge in [-0.3, -0.25) is 10.1 Å². The lowest BCUT2D eigenvalue weighted by Gasteiger charge is -2.01. The van der Waals surface area contributed by atoms with Gasteiger partial charge < -0.3 is 4.42 Å². The molecule has 0 aliphatic heterocycles. The van der Waals surface area contributed by atoms with Gasteiger partial charge in [0.25, 0.3) is 5.91 Å². The summed E-state index contributed by atoms with van der Waals surface area (Å²) in [5.41, 5.74) is -0.917. The average Bonchev–Trinajstić information content (AvgIpc) is 3.16. The molecule has 0 fully saturated rings. The quantitative estimate of drug-likeness (QED) is 0.685. The third kappa shape index (κ3) is 3.30. The Hall–Kier alpha value is -2.68. The molecule has 2 heterocycles. The summed E-state index contributed by atoms with van der Waals surface area (Å²) in [5, 5.41) is 2.79. The molecule has 24 heavy (non-hydrogen) atoms. The number of benzene rings is 1. The number of aromatic nitrogens is 1. The average molecular weight is 356 g/mol. The minimum Gasteiger partial charge on any atom is -0.451 e. The van der Waals surface area contributed by atoms with Gasteiger partial charge in [0.1, 0.15) is 11.6 Å². The number of furan rings is 1. The number of thiazole rings is 1. The second-order valence-corrected chi connectivity index (χ2v) is 5.49. The number of nitrogens with one attached hydrogen (secondary N) is 1. The maximum atomic E-state index is 13.7. The van der Waals surface area contributed by atoms with Crippen molar-refractivity contribution in [2.75, 3.05) is 5.32 Å². The number of halogens is 4. The first-order valence-electron chi connectivity index (χ1n) is 6.53. The first-order chi connectivity index (χ1) is 11.3. The van der Waals surface area contributed by atoms with E-state index >= 15 is 0 Å². The highest BCUT2D eigenvalue weighted by molar-refractivity contribution is 7.14. The molecule has 0 unspecified atom stereocenters. The molecule has 2 aromatic heterocycles. The third-order valence-corrected chi connectivity index (χ3v) is 3.74. The molecule has 0 radical (unpaired) electrons. The van der Waals surface area contributed by atoms with Crippen LogP contribution >= 0.6 is 11.3 Å². The van der Waals surface area contributed by atoms with Crippen LogP contribution in [0.2, 0.25) is 0 Å². The minimum atomic E-state index is -4.58. The number of alkyl halides is 3. The molecular weight excluding hydrogens is 348 g/mol. The number of carbonyl (C=O) groups excluding carboxylic acids is 1. The van der Waals surface area contributed by atoms with E-state index < -0.39 is 23.6 Å². The Labute approximate surface area is 136 Å². The largest absolute Gasteiger partial charge is 0.451 e. The maximum Gasteiger partial charge on any atom is 0.434 e. The zero-order valence-electron chi connectivity index (χ0n) is 11.7. The highest BCUT2D eigenvalue weighted by Gasteiger charge is 2.34. The molecule has 0 saturated heterocycles. The van der Waals surface area contributed by atoms with Crippen molar-refractivity contribution in [2.45, 2.75) is 6.18 Å². The first-order valence-corrected chi connectivity index (χ1v) is 7.41. The molecule has 0 aliphatic rings. The van der Waals surface area contributed by atoms with Crippen LogP contribution in [-0.4, -0.2) is 10.9 Å². The smallest absolute Gasteiger partial charge is 0.434 e. The molecule has 0 atom stereocenters. The lowest BCUT2D eigenvalue weighted by Crippen LogP contribution is -2.11. The van der Waals surface area contributed by atoms with E-state index in [9.17, 15) is 22.4 Å². The van der Waals surface area contributed by atoms with Gasteiger partial charge in [-0.2, -0.15) is 13.2 Å². The van der Waals surface area contributed by atoms with Gasteiger partial charge in [0.15, 0.2) is 16.6 Å². The standard InChI is InChI=1S/C15H8F4N2O2S/c16-9-4-2-1-3-8(9)10-5-6-11(23-10)13(22)21-14-20-12(7-24-14)15(17,18)19/h1-7H,(H,20,21,22). The Morgan fingerprint density at radius 2 is 1.92 bits per heavy atom. The number of nitrogens with zero attached hydrogens (tertiary/aromatic N) is 1. The van der Waals surface area contributed by atoms with Crippen molar-refractivity contribution >= 4 is 22.4 Å². The molecule has 1 N–H and O–H groups in total. The van der Waals surface area contributed by atoms with Gasteiger partial charge in [-0.15, -0.1) is 11.3 Å². The summed E-state index contributed by atoms with van der Waals surface area (Å²) in [6, 6.07) is 8.54. The molecule has 124 valence electrons. The lowest BCUT2D eigenvalue weighted by molar-refractivity contribution is -0.140. The predicted molar refractivity (Wildman–Crippen MR) is 79.2 cm³/mol. The van der Waals surface area contributed by atoms with E-state index in [0.717, 1.165) is 5.38 Å². The van der Waals surface area contributed by atoms with Crippen molar-refractivity contribution in [1.82, 2.24) is 4.98 Å². The van der Waals surface area contributed by atoms with Crippen LogP contribution in [0.3, 0.4) is 0 Å². The van der Waals surface area contributed by atoms with E-state index in [1.807, 2.05) is 0 Å². The van der Waals surface area contributed by atoms with Gasteiger partial charge >= 0.3 is 6.18 Å². The lowest BCUT2D eigenvalue weighted by atomic mass is 10.1. The molecule has 3 aromatic rings. The summed E-state index contributed by atoms with van der Waals surface area (Å²) in [4.78, 5) is 15.3. The van der Waals surface area contributed by atoms with Gasteiger partial charge in [0.05, 0.1) is 5.56 Å². The molecule has 4 nitrogen and oxygen atoms in total. The van der Waals surface area contributed by atoms with Gasteiger partial charge in [-0.1, -0.05) is 12.1 Å². The molecular formula is C15H8F4N2O2S. The van der Waals surface area contributed by atoms with Crippen molar-refractivity contribution in [2.24, 2.45) is 0 Å². The molecule has 1 amide bonds. The Balaban J connectivity index is 1.77. The summed E-state index contributed by atoms with van der Waals surface area (Å²) >= 11 is 0.640. The summed E-state index contributed by atoms with van der Waals surface area (Å²) in [6.07, 6.45) is -4.58. The fourth-order valence-corrected chi connectivity index (χ4v) is 2.60. The second-order valence-electron chi connectivity index (χ2n) is 4.63. The Morgan fingerprint density at radius 3 is 2.58 bits per heavy atom. The molecule has 1 aromatic carbocycles. The number of hydrogen-bond donors (Lipinski definition) is 1. The fourth-order valence-electron chi connectivity index (χ4n) is 1.89. The molecule has 0 saturated carbocycles. The Kier molecular flexibility index (Phi) is 4.10. The number of hydrogen-bond acceptors (Lipinski definition) is 4. The van der Waals surface area contributed by atoms with E-state index in [-0.39, 0.29) is 22.2 Å². The van der Waals surface area contributed by atoms with Gasteiger partial charge in [-0.25, -0.2) is 9.37 Å². The van der Waals surface area contributed by atoms with E-state index in [1.165, 1.54) is 30.3 Å². The predicted octanol–water partition coefficient (Wildman–Crippen LogP) is 4.81. The topological polar surface area (TPSA) is 55.1 Å². The summed E-state index contributed by atoms with van der Waals surface area (Å²) in [6.45, 7) is 0. The Bertz CT molecular complexity index is 885. The monoisotopic (exact) mass is 356 g/mol. The number of rotatable bonds is 3. The van der Waals surface area contributed by atoms with Crippen molar-refractivity contribution in [1.29, 1.82) is 0 Å². The second kappa shape index (κ2) is 6.08.